The van der Waals surface area contributed by atoms with Crippen molar-refractivity contribution in [3.05, 3.63) is 218 Å². The number of benzene rings is 9. The van der Waals surface area contributed by atoms with Gasteiger partial charge < -0.3 is 9.47 Å². The third-order valence-electron chi connectivity index (χ3n) is 11.2. The molecule has 0 saturated heterocycles. The van der Waals surface area contributed by atoms with Crippen molar-refractivity contribution in [3.63, 3.8) is 0 Å². The van der Waals surface area contributed by atoms with E-state index in [1.54, 1.807) is 0 Å². The molecule has 9 aromatic carbocycles. The summed E-state index contributed by atoms with van der Waals surface area (Å²) in [6, 6.07) is 79.3. The van der Waals surface area contributed by atoms with Gasteiger partial charge in [-0.05, 0) is 101 Å². The van der Waals surface area contributed by atoms with Gasteiger partial charge in [-0.15, -0.1) is 11.3 Å². The Morgan fingerprint density at radius 3 is 1.65 bits per heavy atom. The van der Waals surface area contributed by atoms with E-state index in [0.29, 0.717) is 0 Å². The molecule has 0 N–H and O–H groups in total. The summed E-state index contributed by atoms with van der Waals surface area (Å²) < 4.78 is 5.06. The number of aromatic nitrogens is 1. The fraction of sp³-hybridized carbons (Fsp3) is 0. The van der Waals surface area contributed by atoms with Crippen molar-refractivity contribution in [2.45, 2.75) is 0 Å². The Balaban J connectivity index is 1.08. The minimum atomic E-state index is 1.11. The highest BCUT2D eigenvalue weighted by Crippen LogP contribution is 2.45. The Morgan fingerprint density at radius 2 is 0.895 bits per heavy atom. The lowest BCUT2D eigenvalue weighted by Crippen LogP contribution is -2.09. The van der Waals surface area contributed by atoms with Crippen molar-refractivity contribution in [1.29, 1.82) is 0 Å². The minimum Gasteiger partial charge on any atom is -0.310 e. The summed E-state index contributed by atoms with van der Waals surface area (Å²) in [5.41, 5.74) is 14.2. The topological polar surface area (TPSA) is 8.17 Å². The Labute approximate surface area is 335 Å². The van der Waals surface area contributed by atoms with Gasteiger partial charge in [0, 0.05) is 59.3 Å². The zero-order valence-electron chi connectivity index (χ0n) is 31.1. The highest BCUT2D eigenvalue weighted by Gasteiger charge is 2.19. The van der Waals surface area contributed by atoms with Crippen molar-refractivity contribution < 1.29 is 0 Å². The third-order valence-corrected chi connectivity index (χ3v) is 12.4. The van der Waals surface area contributed by atoms with Crippen molar-refractivity contribution in [2.75, 3.05) is 4.90 Å². The molecule has 0 aliphatic heterocycles. The molecule has 57 heavy (non-hydrogen) atoms. The van der Waals surface area contributed by atoms with Crippen LogP contribution in [0.5, 0.6) is 0 Å². The van der Waals surface area contributed by atoms with E-state index in [9.17, 15) is 0 Å². The number of para-hydroxylation sites is 2. The van der Waals surface area contributed by atoms with Gasteiger partial charge in [-0.3, -0.25) is 0 Å². The molecule has 0 radical (unpaired) electrons. The summed E-state index contributed by atoms with van der Waals surface area (Å²) in [7, 11) is 0. The lowest BCUT2D eigenvalue weighted by molar-refractivity contribution is 1.19. The maximum absolute atomic E-state index is 2.46. The van der Waals surface area contributed by atoms with Crippen LogP contribution in [0.2, 0.25) is 0 Å². The van der Waals surface area contributed by atoms with E-state index < -0.39 is 0 Å². The van der Waals surface area contributed by atoms with Gasteiger partial charge >= 0.3 is 0 Å². The highest BCUT2D eigenvalue weighted by molar-refractivity contribution is 7.26. The van der Waals surface area contributed by atoms with Crippen LogP contribution in [-0.2, 0) is 0 Å². The van der Waals surface area contributed by atoms with Gasteiger partial charge in [-0.2, -0.15) is 0 Å². The number of hydrogen-bond acceptors (Lipinski definition) is 2. The SMILES string of the molecule is c1ccc(-c2cccc(N(c3ccccc3)c3ccc(-c4cc(-n5c6ccccc6c6cc(-c7ccccc7)ccc65)cc5c4sc4ccccc45)cc3)c2)cc1. The molecule has 0 aliphatic rings. The molecule has 11 aromatic rings. The van der Waals surface area contributed by atoms with E-state index >= 15 is 0 Å². The van der Waals surface area contributed by atoms with E-state index in [-0.39, 0.29) is 0 Å². The number of nitrogens with zero attached hydrogens (tertiary/aromatic N) is 2. The molecule has 0 atom stereocenters. The predicted octanol–water partition coefficient (Wildman–Crippen LogP) is 15.6. The van der Waals surface area contributed by atoms with Crippen LogP contribution in [0.25, 0.3) is 81.0 Å². The van der Waals surface area contributed by atoms with Crippen molar-refractivity contribution in [3.8, 4) is 39.1 Å². The summed E-state index contributed by atoms with van der Waals surface area (Å²) in [6.45, 7) is 0. The zero-order chi connectivity index (χ0) is 37.7. The van der Waals surface area contributed by atoms with E-state index in [1.165, 1.54) is 75.4 Å². The molecular weight excluding hydrogens is 709 g/mol. The first-order valence-electron chi connectivity index (χ1n) is 19.4. The van der Waals surface area contributed by atoms with Crippen molar-refractivity contribution >= 4 is 70.4 Å². The van der Waals surface area contributed by atoms with Crippen LogP contribution >= 0.6 is 11.3 Å². The van der Waals surface area contributed by atoms with Crippen LogP contribution in [0.3, 0.4) is 0 Å². The average molecular weight is 745 g/mol. The molecule has 0 saturated carbocycles. The second-order valence-corrected chi connectivity index (χ2v) is 15.6. The molecule has 268 valence electrons. The van der Waals surface area contributed by atoms with Gasteiger partial charge in [0.1, 0.15) is 0 Å². The first kappa shape index (κ1) is 33.2. The molecular formula is C54H36N2S. The Kier molecular flexibility index (Phi) is 8.04. The highest BCUT2D eigenvalue weighted by atomic mass is 32.1. The lowest BCUT2D eigenvalue weighted by Gasteiger charge is -2.26. The number of hydrogen-bond donors (Lipinski definition) is 0. The predicted molar refractivity (Wildman–Crippen MR) is 245 cm³/mol. The van der Waals surface area contributed by atoms with Gasteiger partial charge in [-0.1, -0.05) is 146 Å². The summed E-state index contributed by atoms with van der Waals surface area (Å²) in [4.78, 5) is 2.35. The number of anilines is 3. The monoisotopic (exact) mass is 744 g/mol. The molecule has 0 aliphatic carbocycles. The standard InChI is InChI=1S/C54H36N2S/c1-4-15-37(16-5-1)40-19-14-22-44(33-40)55(42-20-8-3-9-21-42)43-30-27-39(28-31-43)48-35-45(36-50-47-24-11-13-26-53(47)57-54(48)50)56-51-25-12-10-23-46(51)49-34-41(29-32-52(49)56)38-17-6-2-7-18-38/h1-36H. The van der Waals surface area contributed by atoms with Gasteiger partial charge in [-0.25, -0.2) is 0 Å². The molecule has 0 bridgehead atoms. The maximum atomic E-state index is 2.46. The number of thiophene rings is 1. The fourth-order valence-electron chi connectivity index (χ4n) is 8.49. The Morgan fingerprint density at radius 1 is 0.333 bits per heavy atom. The fourth-order valence-corrected chi connectivity index (χ4v) is 9.71. The van der Waals surface area contributed by atoms with E-state index in [0.717, 1.165) is 22.7 Å². The van der Waals surface area contributed by atoms with E-state index in [4.69, 9.17) is 0 Å². The maximum Gasteiger partial charge on any atom is 0.0541 e. The van der Waals surface area contributed by atoms with Crippen molar-refractivity contribution in [1.82, 2.24) is 4.57 Å². The molecule has 2 nitrogen and oxygen atoms in total. The minimum absolute atomic E-state index is 1.11. The summed E-state index contributed by atoms with van der Waals surface area (Å²) in [5, 5.41) is 5.08. The van der Waals surface area contributed by atoms with Crippen molar-refractivity contribution in [2.24, 2.45) is 0 Å². The van der Waals surface area contributed by atoms with E-state index in [1.807, 2.05) is 11.3 Å². The van der Waals surface area contributed by atoms with Crippen LogP contribution in [0.15, 0.2) is 218 Å². The summed E-state index contributed by atoms with van der Waals surface area (Å²) in [6.07, 6.45) is 0. The van der Waals surface area contributed by atoms with Crippen LogP contribution in [0.4, 0.5) is 17.1 Å². The quantitative estimate of drug-likeness (QED) is 0.158. The smallest absolute Gasteiger partial charge is 0.0541 e. The molecule has 2 heterocycles. The van der Waals surface area contributed by atoms with Gasteiger partial charge in [0.25, 0.3) is 0 Å². The molecule has 3 heteroatoms. The molecule has 0 spiro atoms. The normalized spacial score (nSPS) is 11.5. The van der Waals surface area contributed by atoms with Gasteiger partial charge in [0.05, 0.1) is 11.0 Å². The summed E-state index contributed by atoms with van der Waals surface area (Å²) in [5.74, 6) is 0. The van der Waals surface area contributed by atoms with E-state index in [2.05, 4.69) is 228 Å². The van der Waals surface area contributed by atoms with Crippen LogP contribution in [0, 0.1) is 0 Å². The average Bonchev–Trinajstić information content (AvgIpc) is 3.83. The Bertz CT molecular complexity index is 3220. The van der Waals surface area contributed by atoms with Gasteiger partial charge in [0.15, 0.2) is 0 Å². The third kappa shape index (κ3) is 5.80. The molecule has 0 unspecified atom stereocenters. The largest absolute Gasteiger partial charge is 0.310 e. The number of fused-ring (bicyclic) bond motifs is 6. The Hall–Kier alpha value is -7.20. The lowest BCUT2D eigenvalue weighted by atomic mass is 10.0. The molecule has 11 rings (SSSR count). The van der Waals surface area contributed by atoms with Crippen LogP contribution in [-0.4, -0.2) is 4.57 Å². The van der Waals surface area contributed by atoms with Crippen LogP contribution < -0.4 is 4.90 Å². The second-order valence-electron chi connectivity index (χ2n) is 14.6. The molecule has 0 fully saturated rings. The first-order chi connectivity index (χ1) is 28.3. The summed E-state index contributed by atoms with van der Waals surface area (Å²) >= 11 is 1.88. The molecule has 0 amide bonds. The van der Waals surface area contributed by atoms with Crippen LogP contribution in [0.1, 0.15) is 0 Å². The first-order valence-corrected chi connectivity index (χ1v) is 20.2. The molecule has 2 aromatic heterocycles. The zero-order valence-corrected chi connectivity index (χ0v) is 31.9. The number of rotatable bonds is 7. The second kappa shape index (κ2) is 13.8. The van der Waals surface area contributed by atoms with Gasteiger partial charge in [0.2, 0.25) is 0 Å².